The van der Waals surface area contributed by atoms with Crippen LogP contribution in [0.3, 0.4) is 0 Å². The summed E-state index contributed by atoms with van der Waals surface area (Å²) in [4.78, 5) is 14.4. The van der Waals surface area contributed by atoms with Crippen LogP contribution in [0, 0.1) is 0 Å². The third-order valence-corrected chi connectivity index (χ3v) is 5.79. The fourth-order valence-electron chi connectivity index (χ4n) is 3.07. The van der Waals surface area contributed by atoms with Gasteiger partial charge in [-0.05, 0) is 30.5 Å². The Bertz CT molecular complexity index is 456. The van der Waals surface area contributed by atoms with Gasteiger partial charge in [0.25, 0.3) is 0 Å². The van der Waals surface area contributed by atoms with Gasteiger partial charge in [0, 0.05) is 10.5 Å². The van der Waals surface area contributed by atoms with Gasteiger partial charge >= 0.3 is 0 Å². The molecule has 102 valence electrons. The molecule has 1 saturated carbocycles. The highest BCUT2D eigenvalue weighted by Crippen LogP contribution is 2.42. The Labute approximate surface area is 127 Å². The number of amides is 1. The van der Waals surface area contributed by atoms with E-state index in [4.69, 9.17) is 0 Å². The van der Waals surface area contributed by atoms with Crippen molar-refractivity contribution in [2.75, 3.05) is 5.75 Å². The zero-order chi connectivity index (χ0) is 13.2. The van der Waals surface area contributed by atoms with E-state index in [0.717, 1.165) is 4.47 Å². The molecule has 0 aromatic heterocycles. The molecule has 1 aliphatic heterocycles. The van der Waals surface area contributed by atoms with Crippen LogP contribution in [0.2, 0.25) is 0 Å². The molecule has 1 saturated heterocycles. The molecule has 1 aromatic rings. The number of nitrogens with zero attached hydrogens (tertiary/aromatic N) is 1. The van der Waals surface area contributed by atoms with Gasteiger partial charge < -0.3 is 4.90 Å². The molecule has 2 nitrogen and oxygen atoms in total. The van der Waals surface area contributed by atoms with Crippen molar-refractivity contribution in [1.29, 1.82) is 0 Å². The molecule has 2 aliphatic rings. The maximum Gasteiger partial charge on any atom is 0.234 e. The number of rotatable bonds is 2. The first-order chi connectivity index (χ1) is 9.25. The van der Waals surface area contributed by atoms with E-state index < -0.39 is 0 Å². The number of carbonyl (C=O) groups is 1. The van der Waals surface area contributed by atoms with Gasteiger partial charge in [0.2, 0.25) is 5.91 Å². The number of hydrogen-bond acceptors (Lipinski definition) is 2. The number of hydrogen-bond donors (Lipinski definition) is 0. The van der Waals surface area contributed by atoms with Crippen molar-refractivity contribution in [3.05, 3.63) is 34.3 Å². The monoisotopic (exact) mass is 339 g/mol. The molecule has 1 amide bonds. The van der Waals surface area contributed by atoms with Crippen LogP contribution in [0.15, 0.2) is 28.7 Å². The van der Waals surface area contributed by atoms with Gasteiger partial charge in [-0.2, -0.15) is 0 Å². The minimum atomic E-state index is 0.226. The quantitative estimate of drug-likeness (QED) is 0.797. The molecular formula is C15H18BrNOS. The minimum Gasteiger partial charge on any atom is -0.323 e. The summed E-state index contributed by atoms with van der Waals surface area (Å²) in [6.45, 7) is 0. The van der Waals surface area contributed by atoms with Crippen LogP contribution in [0.1, 0.15) is 43.0 Å². The lowest BCUT2D eigenvalue weighted by Gasteiger charge is -2.35. The predicted molar refractivity (Wildman–Crippen MR) is 83.1 cm³/mol. The van der Waals surface area contributed by atoms with Crippen molar-refractivity contribution < 1.29 is 4.79 Å². The smallest absolute Gasteiger partial charge is 0.234 e. The normalized spacial score (nSPS) is 25.0. The van der Waals surface area contributed by atoms with Gasteiger partial charge in [-0.1, -0.05) is 47.3 Å². The molecule has 1 heterocycles. The maximum absolute atomic E-state index is 12.2. The number of carbonyl (C=O) groups excluding carboxylic acids is 1. The summed E-state index contributed by atoms with van der Waals surface area (Å²) in [6.07, 6.45) is 6.23. The van der Waals surface area contributed by atoms with Gasteiger partial charge in [0.15, 0.2) is 0 Å². The van der Waals surface area contributed by atoms with Crippen LogP contribution in [-0.2, 0) is 4.79 Å². The number of benzene rings is 1. The molecule has 0 N–H and O–H groups in total. The van der Waals surface area contributed by atoms with Crippen LogP contribution >= 0.6 is 27.7 Å². The number of thioether (sulfide) groups is 1. The van der Waals surface area contributed by atoms with Crippen molar-refractivity contribution in [2.45, 2.75) is 43.5 Å². The SMILES string of the molecule is O=C1CS[C@H](c2ccc(Br)cc2)N1C1CCCCC1. The molecule has 3 rings (SSSR count). The standard InChI is InChI=1S/C15H18BrNOS/c16-12-8-6-11(7-9-12)15-17(14(18)10-19-15)13-4-2-1-3-5-13/h6-9,13,15H,1-5,10H2/t15-/m1/s1. The largest absolute Gasteiger partial charge is 0.323 e. The zero-order valence-corrected chi connectivity index (χ0v) is 13.3. The third-order valence-electron chi connectivity index (χ3n) is 4.03. The van der Waals surface area contributed by atoms with E-state index in [1.165, 1.54) is 37.7 Å². The molecule has 19 heavy (non-hydrogen) atoms. The van der Waals surface area contributed by atoms with E-state index in [1.54, 1.807) is 11.8 Å². The van der Waals surface area contributed by atoms with Crippen LogP contribution in [0.4, 0.5) is 0 Å². The Hall–Kier alpha value is -0.480. The molecule has 1 aromatic carbocycles. The Morgan fingerprint density at radius 1 is 1.11 bits per heavy atom. The predicted octanol–water partition coefficient (Wildman–Crippen LogP) is 4.36. The van der Waals surface area contributed by atoms with Crippen molar-refractivity contribution in [2.24, 2.45) is 0 Å². The Balaban J connectivity index is 1.83. The summed E-state index contributed by atoms with van der Waals surface area (Å²) < 4.78 is 1.09. The van der Waals surface area contributed by atoms with Crippen molar-refractivity contribution in [1.82, 2.24) is 4.90 Å². The van der Waals surface area contributed by atoms with E-state index in [-0.39, 0.29) is 5.37 Å². The molecule has 1 atom stereocenters. The van der Waals surface area contributed by atoms with Gasteiger partial charge in [-0.15, -0.1) is 11.8 Å². The lowest BCUT2D eigenvalue weighted by Crippen LogP contribution is -2.39. The fourth-order valence-corrected chi connectivity index (χ4v) is 4.59. The first-order valence-corrected chi connectivity index (χ1v) is 8.78. The topological polar surface area (TPSA) is 20.3 Å². The maximum atomic E-state index is 12.2. The lowest BCUT2D eigenvalue weighted by atomic mass is 9.93. The van der Waals surface area contributed by atoms with E-state index in [0.29, 0.717) is 17.7 Å². The highest BCUT2D eigenvalue weighted by molar-refractivity contribution is 9.10. The van der Waals surface area contributed by atoms with Gasteiger partial charge in [-0.25, -0.2) is 0 Å². The lowest BCUT2D eigenvalue weighted by molar-refractivity contribution is -0.131. The molecule has 2 fully saturated rings. The van der Waals surface area contributed by atoms with E-state index in [2.05, 4.69) is 45.1 Å². The third kappa shape index (κ3) is 2.84. The minimum absolute atomic E-state index is 0.226. The molecule has 1 aliphatic carbocycles. The average molecular weight is 340 g/mol. The molecule has 0 spiro atoms. The van der Waals surface area contributed by atoms with Crippen LogP contribution in [0.25, 0.3) is 0 Å². The number of halogens is 1. The van der Waals surface area contributed by atoms with Crippen LogP contribution in [0.5, 0.6) is 0 Å². The Morgan fingerprint density at radius 3 is 2.47 bits per heavy atom. The molecule has 0 unspecified atom stereocenters. The van der Waals surface area contributed by atoms with E-state index in [9.17, 15) is 4.79 Å². The first-order valence-electron chi connectivity index (χ1n) is 6.94. The summed E-state index contributed by atoms with van der Waals surface area (Å²) >= 11 is 5.24. The molecule has 0 bridgehead atoms. The van der Waals surface area contributed by atoms with Crippen molar-refractivity contribution >= 4 is 33.6 Å². The van der Waals surface area contributed by atoms with Crippen molar-refractivity contribution in [3.8, 4) is 0 Å². The second-order valence-corrected chi connectivity index (χ2v) is 7.29. The first kappa shape index (κ1) is 13.5. The second kappa shape index (κ2) is 5.88. The summed E-state index contributed by atoms with van der Waals surface area (Å²) in [5, 5.41) is 0.226. The zero-order valence-electron chi connectivity index (χ0n) is 10.8. The Morgan fingerprint density at radius 2 is 1.79 bits per heavy atom. The second-order valence-electron chi connectivity index (χ2n) is 5.31. The van der Waals surface area contributed by atoms with Crippen molar-refractivity contribution in [3.63, 3.8) is 0 Å². The Kier molecular flexibility index (Phi) is 4.18. The van der Waals surface area contributed by atoms with Gasteiger partial charge in [-0.3, -0.25) is 4.79 Å². The summed E-state index contributed by atoms with van der Waals surface area (Å²) in [6, 6.07) is 8.87. The fraction of sp³-hybridized carbons (Fsp3) is 0.533. The van der Waals surface area contributed by atoms with Gasteiger partial charge in [0.05, 0.1) is 5.75 Å². The van der Waals surface area contributed by atoms with Crippen LogP contribution < -0.4 is 0 Å². The molecule has 0 radical (unpaired) electrons. The highest BCUT2D eigenvalue weighted by Gasteiger charge is 2.37. The average Bonchev–Trinajstić information content (AvgIpc) is 2.82. The summed E-state index contributed by atoms with van der Waals surface area (Å²) in [7, 11) is 0. The molecular weight excluding hydrogens is 322 g/mol. The van der Waals surface area contributed by atoms with Crippen LogP contribution in [-0.4, -0.2) is 22.6 Å². The summed E-state index contributed by atoms with van der Waals surface area (Å²) in [5.74, 6) is 0.960. The van der Waals surface area contributed by atoms with E-state index in [1.807, 2.05) is 0 Å². The summed E-state index contributed by atoms with van der Waals surface area (Å²) in [5.41, 5.74) is 1.25. The molecule has 4 heteroatoms. The van der Waals surface area contributed by atoms with E-state index >= 15 is 0 Å². The van der Waals surface area contributed by atoms with Gasteiger partial charge in [0.1, 0.15) is 5.37 Å². The highest BCUT2D eigenvalue weighted by atomic mass is 79.9.